The highest BCUT2D eigenvalue weighted by atomic mass is 16.5. The highest BCUT2D eigenvalue weighted by Gasteiger charge is 2.36. The second-order valence-electron chi connectivity index (χ2n) is 3.61. The summed E-state index contributed by atoms with van der Waals surface area (Å²) in [4.78, 5) is 0. The van der Waals surface area contributed by atoms with Crippen molar-refractivity contribution in [3.8, 4) is 0 Å². The lowest BCUT2D eigenvalue weighted by Crippen LogP contribution is -2.57. The molecular formula is C9H19NO4. The van der Waals surface area contributed by atoms with E-state index in [2.05, 4.69) is 12.2 Å². The van der Waals surface area contributed by atoms with E-state index in [0.29, 0.717) is 0 Å². The van der Waals surface area contributed by atoms with Crippen LogP contribution in [0.2, 0.25) is 0 Å². The van der Waals surface area contributed by atoms with Crippen molar-refractivity contribution in [2.45, 2.75) is 44.3 Å². The zero-order valence-electron chi connectivity index (χ0n) is 8.39. The Morgan fingerprint density at radius 2 is 2.00 bits per heavy atom. The number of nitrogens with one attached hydrogen (secondary N) is 1. The Labute approximate surface area is 83.7 Å². The van der Waals surface area contributed by atoms with Gasteiger partial charge in [0.1, 0.15) is 24.5 Å². The van der Waals surface area contributed by atoms with Crippen LogP contribution >= 0.6 is 0 Å². The molecule has 1 aliphatic rings. The van der Waals surface area contributed by atoms with Crippen LogP contribution in [-0.2, 0) is 4.74 Å². The van der Waals surface area contributed by atoms with Crippen LogP contribution in [0.5, 0.6) is 0 Å². The Hall–Kier alpha value is -0.200. The maximum atomic E-state index is 9.51. The van der Waals surface area contributed by atoms with E-state index in [0.717, 1.165) is 19.4 Å². The van der Waals surface area contributed by atoms with E-state index in [1.807, 2.05) is 0 Å². The molecule has 1 fully saturated rings. The van der Waals surface area contributed by atoms with Gasteiger partial charge >= 0.3 is 0 Å². The highest BCUT2D eigenvalue weighted by Crippen LogP contribution is 2.13. The van der Waals surface area contributed by atoms with Crippen LogP contribution in [-0.4, -0.2) is 53.0 Å². The third-order valence-electron chi connectivity index (χ3n) is 2.38. The Balaban J connectivity index is 2.31. The van der Waals surface area contributed by atoms with Crippen LogP contribution < -0.4 is 5.32 Å². The molecule has 4 N–H and O–H groups in total. The average Bonchev–Trinajstić information content (AvgIpc) is 2.18. The Morgan fingerprint density at radius 3 is 2.64 bits per heavy atom. The minimum atomic E-state index is -1.12. The van der Waals surface area contributed by atoms with E-state index in [1.165, 1.54) is 0 Å². The van der Waals surface area contributed by atoms with Gasteiger partial charge in [0.05, 0.1) is 6.61 Å². The van der Waals surface area contributed by atoms with Crippen molar-refractivity contribution < 1.29 is 20.1 Å². The topological polar surface area (TPSA) is 82.0 Å². The predicted molar refractivity (Wildman–Crippen MR) is 50.7 cm³/mol. The fourth-order valence-electron chi connectivity index (χ4n) is 1.41. The van der Waals surface area contributed by atoms with E-state index in [9.17, 15) is 15.3 Å². The molecule has 0 spiro atoms. The number of rotatable bonds is 4. The fourth-order valence-corrected chi connectivity index (χ4v) is 1.41. The largest absolute Gasteiger partial charge is 0.388 e. The second-order valence-corrected chi connectivity index (χ2v) is 3.61. The van der Waals surface area contributed by atoms with Crippen molar-refractivity contribution >= 4 is 0 Å². The summed E-state index contributed by atoms with van der Waals surface area (Å²) in [6.07, 6.45) is -1.70. The maximum absolute atomic E-state index is 9.51. The maximum Gasteiger partial charge on any atom is 0.137 e. The highest BCUT2D eigenvalue weighted by molar-refractivity contribution is 4.85. The van der Waals surface area contributed by atoms with E-state index in [4.69, 9.17) is 4.74 Å². The lowest BCUT2D eigenvalue weighted by molar-refractivity contribution is -0.195. The van der Waals surface area contributed by atoms with Crippen molar-refractivity contribution in [2.75, 3.05) is 13.2 Å². The fraction of sp³-hybridized carbons (Fsp3) is 1.00. The number of unbranched alkanes of at least 4 members (excludes halogenated alkanes) is 1. The number of ether oxygens (including phenoxy) is 1. The van der Waals surface area contributed by atoms with Crippen LogP contribution in [0.3, 0.4) is 0 Å². The molecule has 1 unspecified atom stereocenters. The summed E-state index contributed by atoms with van der Waals surface area (Å²) in [7, 11) is 0. The van der Waals surface area contributed by atoms with Crippen molar-refractivity contribution in [1.29, 1.82) is 0 Å². The molecule has 5 heteroatoms. The van der Waals surface area contributed by atoms with Gasteiger partial charge in [-0.05, 0) is 13.0 Å². The summed E-state index contributed by atoms with van der Waals surface area (Å²) < 4.78 is 5.15. The zero-order valence-corrected chi connectivity index (χ0v) is 8.39. The number of aliphatic hydroxyl groups is 3. The molecule has 5 nitrogen and oxygen atoms in total. The summed E-state index contributed by atoms with van der Waals surface area (Å²) in [6.45, 7) is 2.86. The van der Waals surface area contributed by atoms with Gasteiger partial charge in [0, 0.05) is 0 Å². The van der Waals surface area contributed by atoms with E-state index in [-0.39, 0.29) is 6.61 Å². The molecule has 0 aromatic carbocycles. The van der Waals surface area contributed by atoms with Crippen LogP contribution in [0.4, 0.5) is 0 Å². The SMILES string of the molecule is CCCCNC1OC[C@@H](O)[C@H](O)[C@H]1O. The molecule has 0 radical (unpaired) electrons. The molecular weight excluding hydrogens is 186 g/mol. The Bertz CT molecular complexity index is 167. The van der Waals surface area contributed by atoms with Crippen LogP contribution in [0.1, 0.15) is 19.8 Å². The van der Waals surface area contributed by atoms with Gasteiger partial charge in [-0.15, -0.1) is 0 Å². The summed E-state index contributed by atoms with van der Waals surface area (Å²) >= 11 is 0. The smallest absolute Gasteiger partial charge is 0.137 e. The van der Waals surface area contributed by atoms with E-state index < -0.39 is 24.5 Å². The number of aliphatic hydroxyl groups excluding tert-OH is 3. The molecule has 1 aliphatic heterocycles. The lowest BCUT2D eigenvalue weighted by atomic mass is 10.0. The van der Waals surface area contributed by atoms with Crippen molar-refractivity contribution in [2.24, 2.45) is 0 Å². The average molecular weight is 205 g/mol. The molecule has 0 aromatic rings. The monoisotopic (exact) mass is 205 g/mol. The lowest BCUT2D eigenvalue weighted by Gasteiger charge is -2.35. The number of hydrogen-bond acceptors (Lipinski definition) is 5. The van der Waals surface area contributed by atoms with Gasteiger partial charge in [-0.2, -0.15) is 0 Å². The van der Waals surface area contributed by atoms with E-state index >= 15 is 0 Å². The third kappa shape index (κ3) is 2.90. The summed E-state index contributed by atoms with van der Waals surface area (Å²) in [6, 6.07) is 0. The molecule has 0 aliphatic carbocycles. The minimum absolute atomic E-state index is 0.0576. The first kappa shape index (κ1) is 11.9. The quantitative estimate of drug-likeness (QED) is 0.434. The summed E-state index contributed by atoms with van der Waals surface area (Å²) in [5.74, 6) is 0. The Morgan fingerprint density at radius 1 is 1.29 bits per heavy atom. The summed E-state index contributed by atoms with van der Waals surface area (Å²) in [5, 5.41) is 31.0. The third-order valence-corrected chi connectivity index (χ3v) is 2.38. The molecule has 0 bridgehead atoms. The van der Waals surface area contributed by atoms with Crippen molar-refractivity contribution in [3.05, 3.63) is 0 Å². The molecule has 0 aromatic heterocycles. The van der Waals surface area contributed by atoms with Gasteiger partial charge in [0.2, 0.25) is 0 Å². The Kier molecular flexibility index (Phi) is 4.77. The molecule has 84 valence electrons. The molecule has 4 atom stereocenters. The standard InChI is InChI=1S/C9H19NO4/c1-2-3-4-10-9-8(13)7(12)6(11)5-14-9/h6-13H,2-5H2,1H3/t6-,7+,8-,9?/m1/s1. The summed E-state index contributed by atoms with van der Waals surface area (Å²) in [5.41, 5.74) is 0. The molecule has 14 heavy (non-hydrogen) atoms. The van der Waals surface area contributed by atoms with Gasteiger partial charge in [0.25, 0.3) is 0 Å². The van der Waals surface area contributed by atoms with Crippen molar-refractivity contribution in [1.82, 2.24) is 5.32 Å². The van der Waals surface area contributed by atoms with Gasteiger partial charge in [0.15, 0.2) is 0 Å². The minimum Gasteiger partial charge on any atom is -0.388 e. The van der Waals surface area contributed by atoms with Gasteiger partial charge < -0.3 is 20.1 Å². The van der Waals surface area contributed by atoms with Crippen LogP contribution in [0.25, 0.3) is 0 Å². The van der Waals surface area contributed by atoms with Crippen LogP contribution in [0, 0.1) is 0 Å². The molecule has 0 amide bonds. The normalized spacial score (nSPS) is 38.6. The van der Waals surface area contributed by atoms with Crippen molar-refractivity contribution in [3.63, 3.8) is 0 Å². The van der Waals surface area contributed by atoms with Crippen LogP contribution in [0.15, 0.2) is 0 Å². The first-order valence-electron chi connectivity index (χ1n) is 5.06. The zero-order chi connectivity index (χ0) is 10.6. The first-order valence-corrected chi connectivity index (χ1v) is 5.06. The molecule has 1 rings (SSSR count). The van der Waals surface area contributed by atoms with Gasteiger partial charge in [-0.3, -0.25) is 5.32 Å². The van der Waals surface area contributed by atoms with Gasteiger partial charge in [-0.25, -0.2) is 0 Å². The second kappa shape index (κ2) is 5.63. The first-order chi connectivity index (χ1) is 6.66. The van der Waals surface area contributed by atoms with E-state index in [1.54, 1.807) is 0 Å². The molecule has 0 saturated carbocycles. The van der Waals surface area contributed by atoms with Gasteiger partial charge in [-0.1, -0.05) is 13.3 Å². The predicted octanol–water partition coefficient (Wildman–Crippen LogP) is -1.18. The molecule has 1 heterocycles. The molecule has 1 saturated heterocycles. The number of hydrogen-bond donors (Lipinski definition) is 4.